The number of aliphatic hydroxyl groups excluding tert-OH is 1. The Labute approximate surface area is 116 Å². The second-order valence-corrected chi connectivity index (χ2v) is 4.57. The topological polar surface area (TPSA) is 87.0 Å². The number of aliphatic hydroxyl groups is 1. The molecule has 0 aromatic heterocycles. The zero-order chi connectivity index (χ0) is 14.5. The molecule has 0 amide bonds. The number of aliphatic imine (C=N–C) groups is 1. The van der Waals surface area contributed by atoms with E-state index in [4.69, 9.17) is 0 Å². The third-order valence-electron chi connectivity index (χ3n) is 3.13. The van der Waals surface area contributed by atoms with E-state index in [1.807, 2.05) is 0 Å². The van der Waals surface area contributed by atoms with Crippen LogP contribution in [0.2, 0.25) is 0 Å². The van der Waals surface area contributed by atoms with Crippen molar-refractivity contribution < 1.29 is 19.8 Å². The van der Waals surface area contributed by atoms with E-state index in [-0.39, 0.29) is 17.1 Å². The van der Waals surface area contributed by atoms with Crippen LogP contribution in [0.3, 0.4) is 0 Å². The van der Waals surface area contributed by atoms with Gasteiger partial charge in [-0.05, 0) is 12.0 Å². The van der Waals surface area contributed by atoms with Gasteiger partial charge < -0.3 is 10.2 Å². The first kappa shape index (κ1) is 14.0. The van der Waals surface area contributed by atoms with Crippen molar-refractivity contribution in [2.24, 2.45) is 4.99 Å². The molecule has 0 radical (unpaired) electrons. The summed E-state index contributed by atoms with van der Waals surface area (Å²) in [7, 11) is 0. The van der Waals surface area contributed by atoms with Gasteiger partial charge in [-0.25, -0.2) is 4.79 Å². The van der Waals surface area contributed by atoms with Crippen molar-refractivity contribution in [3.8, 4) is 0 Å². The van der Waals surface area contributed by atoms with Gasteiger partial charge in [0.05, 0.1) is 5.57 Å². The Hall–Kier alpha value is -2.43. The first-order valence-electron chi connectivity index (χ1n) is 6.36. The van der Waals surface area contributed by atoms with Crippen LogP contribution in [0.25, 0.3) is 0 Å². The molecule has 104 valence electrons. The van der Waals surface area contributed by atoms with Crippen LogP contribution in [-0.4, -0.2) is 28.2 Å². The standard InChI is InChI=1S/C15H15NO4/c17-12-7-4-8-13(18)11(12)9-16-14(15(19)20)10-5-2-1-3-6-10/h1-3,5-6,9,14,17H,4,7-8H2,(H,19,20). The van der Waals surface area contributed by atoms with Crippen LogP contribution in [-0.2, 0) is 9.59 Å². The summed E-state index contributed by atoms with van der Waals surface area (Å²) in [6.07, 6.45) is 2.58. The number of hydrogen-bond donors (Lipinski definition) is 2. The van der Waals surface area contributed by atoms with E-state index in [2.05, 4.69) is 4.99 Å². The first-order chi connectivity index (χ1) is 9.59. The van der Waals surface area contributed by atoms with Gasteiger partial charge in [0.2, 0.25) is 0 Å². The molecule has 1 aliphatic carbocycles. The van der Waals surface area contributed by atoms with Gasteiger partial charge in [-0.1, -0.05) is 30.3 Å². The average Bonchev–Trinajstić information content (AvgIpc) is 2.43. The number of carbonyl (C=O) groups excluding carboxylic acids is 1. The number of hydrogen-bond acceptors (Lipinski definition) is 4. The number of aliphatic carboxylic acids is 1. The van der Waals surface area contributed by atoms with Crippen LogP contribution < -0.4 is 0 Å². The Morgan fingerprint density at radius 2 is 1.95 bits per heavy atom. The van der Waals surface area contributed by atoms with Gasteiger partial charge in [0.1, 0.15) is 5.76 Å². The average molecular weight is 273 g/mol. The Kier molecular flexibility index (Phi) is 4.30. The molecule has 0 heterocycles. The van der Waals surface area contributed by atoms with Gasteiger partial charge in [0.15, 0.2) is 11.8 Å². The highest BCUT2D eigenvalue weighted by Crippen LogP contribution is 2.21. The summed E-state index contributed by atoms with van der Waals surface area (Å²) >= 11 is 0. The third-order valence-corrected chi connectivity index (χ3v) is 3.13. The van der Waals surface area contributed by atoms with Crippen LogP contribution in [0.4, 0.5) is 0 Å². The second kappa shape index (κ2) is 6.14. The molecule has 5 nitrogen and oxygen atoms in total. The summed E-state index contributed by atoms with van der Waals surface area (Å²) in [4.78, 5) is 26.9. The normalized spacial score (nSPS) is 17.5. The minimum absolute atomic E-state index is 0.0119. The number of allylic oxidation sites excluding steroid dienone is 2. The van der Waals surface area contributed by atoms with Crippen LogP contribution in [0.5, 0.6) is 0 Å². The molecule has 1 aromatic rings. The Balaban J connectivity index is 2.27. The number of rotatable bonds is 4. The third kappa shape index (κ3) is 3.12. The van der Waals surface area contributed by atoms with E-state index in [0.29, 0.717) is 24.8 Å². The molecule has 2 N–H and O–H groups in total. The minimum Gasteiger partial charge on any atom is -0.512 e. The zero-order valence-corrected chi connectivity index (χ0v) is 10.8. The maximum Gasteiger partial charge on any atom is 0.333 e. The molecule has 1 aromatic carbocycles. The molecule has 5 heteroatoms. The molecular weight excluding hydrogens is 258 g/mol. The molecule has 2 rings (SSSR count). The maximum absolute atomic E-state index is 11.7. The highest BCUT2D eigenvalue weighted by molar-refractivity contribution is 6.14. The second-order valence-electron chi connectivity index (χ2n) is 4.57. The van der Waals surface area contributed by atoms with E-state index in [0.717, 1.165) is 0 Å². The molecule has 0 saturated carbocycles. The molecule has 1 unspecified atom stereocenters. The largest absolute Gasteiger partial charge is 0.512 e. The SMILES string of the molecule is O=C1CCCC(O)=C1C=NC(C(=O)O)c1ccccc1. The lowest BCUT2D eigenvalue weighted by Gasteiger charge is -2.12. The van der Waals surface area contributed by atoms with E-state index in [1.165, 1.54) is 6.21 Å². The van der Waals surface area contributed by atoms with Crippen molar-refractivity contribution in [3.05, 3.63) is 47.2 Å². The molecular formula is C15H15NO4. The number of nitrogens with zero attached hydrogens (tertiary/aromatic N) is 1. The minimum atomic E-state index is -1.10. The first-order valence-corrected chi connectivity index (χ1v) is 6.36. The monoisotopic (exact) mass is 273 g/mol. The molecule has 0 fully saturated rings. The molecule has 1 aliphatic rings. The lowest BCUT2D eigenvalue weighted by Crippen LogP contribution is -2.15. The summed E-state index contributed by atoms with van der Waals surface area (Å²) in [6, 6.07) is 7.48. The van der Waals surface area contributed by atoms with Gasteiger partial charge in [-0.3, -0.25) is 9.79 Å². The van der Waals surface area contributed by atoms with Gasteiger partial charge >= 0.3 is 5.97 Å². The lowest BCUT2D eigenvalue weighted by atomic mass is 9.97. The van der Waals surface area contributed by atoms with Crippen molar-refractivity contribution in [3.63, 3.8) is 0 Å². The van der Waals surface area contributed by atoms with Crippen molar-refractivity contribution in [2.45, 2.75) is 25.3 Å². The predicted octanol–water partition coefficient (Wildman–Crippen LogP) is 2.45. The molecule has 1 atom stereocenters. The Morgan fingerprint density at radius 3 is 2.55 bits per heavy atom. The van der Waals surface area contributed by atoms with Crippen molar-refractivity contribution >= 4 is 18.0 Å². The highest BCUT2D eigenvalue weighted by Gasteiger charge is 2.21. The summed E-state index contributed by atoms with van der Waals surface area (Å²) in [6.45, 7) is 0. The van der Waals surface area contributed by atoms with Crippen molar-refractivity contribution in [1.82, 2.24) is 0 Å². The lowest BCUT2D eigenvalue weighted by molar-refractivity contribution is -0.138. The summed E-state index contributed by atoms with van der Waals surface area (Å²) in [5.74, 6) is -1.31. The van der Waals surface area contributed by atoms with E-state index >= 15 is 0 Å². The molecule has 0 aliphatic heterocycles. The zero-order valence-electron chi connectivity index (χ0n) is 10.8. The Morgan fingerprint density at radius 1 is 1.25 bits per heavy atom. The number of Topliss-reactive ketones (excluding diaryl/α,β-unsaturated/α-hetero) is 1. The van der Waals surface area contributed by atoms with E-state index in [9.17, 15) is 19.8 Å². The number of carbonyl (C=O) groups is 2. The number of benzene rings is 1. The summed E-state index contributed by atoms with van der Waals surface area (Å²) < 4.78 is 0. The summed E-state index contributed by atoms with van der Waals surface area (Å²) in [5.41, 5.74) is 0.651. The van der Waals surface area contributed by atoms with Crippen LogP contribution >= 0.6 is 0 Å². The fraction of sp³-hybridized carbons (Fsp3) is 0.267. The Bertz CT molecular complexity index is 575. The van der Waals surface area contributed by atoms with Crippen molar-refractivity contribution in [1.29, 1.82) is 0 Å². The molecule has 0 saturated heterocycles. The van der Waals surface area contributed by atoms with E-state index in [1.54, 1.807) is 30.3 Å². The van der Waals surface area contributed by atoms with Gasteiger partial charge in [0.25, 0.3) is 0 Å². The van der Waals surface area contributed by atoms with Gasteiger partial charge in [-0.15, -0.1) is 0 Å². The quantitative estimate of drug-likeness (QED) is 0.825. The highest BCUT2D eigenvalue weighted by atomic mass is 16.4. The summed E-state index contributed by atoms with van der Waals surface area (Å²) in [5, 5.41) is 18.9. The number of ketones is 1. The maximum atomic E-state index is 11.7. The molecule has 0 bridgehead atoms. The van der Waals surface area contributed by atoms with Crippen molar-refractivity contribution in [2.75, 3.05) is 0 Å². The number of carboxylic acid groups (broad SMARTS) is 1. The predicted molar refractivity (Wildman–Crippen MR) is 73.8 cm³/mol. The fourth-order valence-electron chi connectivity index (χ4n) is 2.07. The van der Waals surface area contributed by atoms with Gasteiger partial charge in [-0.2, -0.15) is 0 Å². The molecule has 20 heavy (non-hydrogen) atoms. The van der Waals surface area contributed by atoms with Crippen LogP contribution in [0.15, 0.2) is 46.7 Å². The van der Waals surface area contributed by atoms with Gasteiger partial charge in [0, 0.05) is 19.1 Å². The van der Waals surface area contributed by atoms with Crippen LogP contribution in [0.1, 0.15) is 30.9 Å². The molecule has 0 spiro atoms. The number of carboxylic acids is 1. The fourth-order valence-corrected chi connectivity index (χ4v) is 2.07. The van der Waals surface area contributed by atoms with Crippen LogP contribution in [0, 0.1) is 0 Å². The van der Waals surface area contributed by atoms with E-state index < -0.39 is 12.0 Å². The smallest absolute Gasteiger partial charge is 0.333 e.